The molecule has 0 amide bonds. The summed E-state index contributed by atoms with van der Waals surface area (Å²) >= 11 is 0. The summed E-state index contributed by atoms with van der Waals surface area (Å²) in [5.74, 6) is -0.880. The van der Waals surface area contributed by atoms with Crippen molar-refractivity contribution in [2.24, 2.45) is 0 Å². The summed E-state index contributed by atoms with van der Waals surface area (Å²) in [5, 5.41) is 8.82. The summed E-state index contributed by atoms with van der Waals surface area (Å²) in [6.45, 7) is 4.41. The Bertz CT molecular complexity index is 505. The van der Waals surface area contributed by atoms with Crippen LogP contribution in [0.4, 0.5) is 0 Å². The fraction of sp³-hybridized carbons (Fsp3) is 0.941. The van der Waals surface area contributed by atoms with Crippen molar-refractivity contribution < 1.29 is 19.4 Å². The summed E-state index contributed by atoms with van der Waals surface area (Å²) in [6.07, 6.45) is 34.8. The molecule has 1 N–H and O–H groups in total. The van der Waals surface area contributed by atoms with Crippen molar-refractivity contribution in [3.63, 3.8) is 0 Å². The number of carboxylic acids is 1. The number of carbonyl (C=O) groups is 2. The average Bonchev–Trinajstić information content (AvgIpc) is 2.89. The SMILES string of the molecule is CCCCCCCCCCCCCCCCCCCCCCCCC(=O)OC(CCCC)CCCC(=O)O. The topological polar surface area (TPSA) is 63.6 Å². The Labute approximate surface area is 237 Å². The van der Waals surface area contributed by atoms with Gasteiger partial charge in [0.05, 0.1) is 0 Å². The quantitative estimate of drug-likeness (QED) is 0.0704. The molecule has 0 aliphatic rings. The molecule has 0 rings (SSSR count). The lowest BCUT2D eigenvalue weighted by Gasteiger charge is -2.17. The Morgan fingerprint density at radius 3 is 1.18 bits per heavy atom. The van der Waals surface area contributed by atoms with Crippen LogP contribution in [0.3, 0.4) is 0 Å². The molecule has 0 bridgehead atoms. The third-order valence-electron chi connectivity index (χ3n) is 7.83. The number of rotatable bonds is 31. The minimum absolute atomic E-state index is 0.102. The number of hydrogen-bond donors (Lipinski definition) is 1. The van der Waals surface area contributed by atoms with Gasteiger partial charge in [-0.05, 0) is 25.7 Å². The second-order valence-electron chi connectivity index (χ2n) is 11.7. The van der Waals surface area contributed by atoms with Crippen LogP contribution in [-0.4, -0.2) is 23.1 Å². The third-order valence-corrected chi connectivity index (χ3v) is 7.83. The van der Waals surface area contributed by atoms with Crippen LogP contribution in [-0.2, 0) is 14.3 Å². The highest BCUT2D eigenvalue weighted by atomic mass is 16.5. The molecule has 4 nitrogen and oxygen atoms in total. The molecule has 0 aromatic heterocycles. The fourth-order valence-corrected chi connectivity index (χ4v) is 5.30. The van der Waals surface area contributed by atoms with E-state index in [0.717, 1.165) is 32.1 Å². The second-order valence-corrected chi connectivity index (χ2v) is 11.7. The third kappa shape index (κ3) is 29.5. The highest BCUT2D eigenvalue weighted by Crippen LogP contribution is 2.17. The molecule has 0 heterocycles. The number of ether oxygens (including phenoxy) is 1. The summed E-state index contributed by atoms with van der Waals surface area (Å²) in [5.41, 5.74) is 0. The van der Waals surface area contributed by atoms with Crippen molar-refractivity contribution in [2.45, 2.75) is 206 Å². The van der Waals surface area contributed by atoms with Gasteiger partial charge in [0, 0.05) is 12.8 Å². The number of carbonyl (C=O) groups excluding carboxylic acids is 1. The van der Waals surface area contributed by atoms with E-state index in [1.165, 1.54) is 128 Å². The zero-order chi connectivity index (χ0) is 27.9. The largest absolute Gasteiger partial charge is 0.481 e. The lowest BCUT2D eigenvalue weighted by atomic mass is 10.0. The van der Waals surface area contributed by atoms with E-state index in [9.17, 15) is 9.59 Å². The minimum Gasteiger partial charge on any atom is -0.481 e. The molecule has 0 aliphatic heterocycles. The van der Waals surface area contributed by atoms with Crippen LogP contribution >= 0.6 is 0 Å². The van der Waals surface area contributed by atoms with E-state index in [2.05, 4.69) is 13.8 Å². The van der Waals surface area contributed by atoms with Crippen LogP contribution in [0.1, 0.15) is 200 Å². The first-order valence-electron chi connectivity index (χ1n) is 17.0. The van der Waals surface area contributed by atoms with Crippen LogP contribution in [0.15, 0.2) is 0 Å². The zero-order valence-electron chi connectivity index (χ0n) is 25.8. The molecule has 1 unspecified atom stereocenters. The van der Waals surface area contributed by atoms with Crippen LogP contribution in [0, 0.1) is 0 Å². The van der Waals surface area contributed by atoms with E-state index < -0.39 is 5.97 Å². The number of carboxylic acid groups (broad SMARTS) is 1. The van der Waals surface area contributed by atoms with Crippen LogP contribution in [0.5, 0.6) is 0 Å². The van der Waals surface area contributed by atoms with E-state index in [4.69, 9.17) is 9.84 Å². The first kappa shape index (κ1) is 36.9. The summed E-state index contributed by atoms with van der Waals surface area (Å²) in [4.78, 5) is 22.9. The lowest BCUT2D eigenvalue weighted by molar-refractivity contribution is -0.150. The Morgan fingerprint density at radius 1 is 0.474 bits per heavy atom. The molecule has 0 aromatic carbocycles. The van der Waals surface area contributed by atoms with Gasteiger partial charge in [-0.15, -0.1) is 0 Å². The number of aliphatic carboxylic acids is 1. The predicted molar refractivity (Wildman–Crippen MR) is 163 cm³/mol. The molecule has 4 heteroatoms. The van der Waals surface area contributed by atoms with E-state index in [0.29, 0.717) is 19.3 Å². The minimum atomic E-state index is -0.777. The molecular weight excluding hydrogens is 472 g/mol. The standard InChI is InChI=1S/C34H66O4/c1-3-5-7-8-9-10-11-12-13-14-15-16-17-18-19-20-21-22-23-24-25-26-31-34(37)38-32(28-6-4-2)29-27-30-33(35)36/h32H,3-31H2,1-2H3,(H,35,36). The summed E-state index contributed by atoms with van der Waals surface area (Å²) in [6, 6.07) is 0. The average molecular weight is 539 g/mol. The van der Waals surface area contributed by atoms with Gasteiger partial charge in [-0.3, -0.25) is 9.59 Å². The fourth-order valence-electron chi connectivity index (χ4n) is 5.30. The monoisotopic (exact) mass is 538 g/mol. The maximum Gasteiger partial charge on any atom is 0.306 e. The molecule has 0 aromatic rings. The van der Waals surface area contributed by atoms with E-state index in [1.54, 1.807) is 0 Å². The summed E-state index contributed by atoms with van der Waals surface area (Å²) < 4.78 is 5.65. The van der Waals surface area contributed by atoms with Crippen molar-refractivity contribution in [3.05, 3.63) is 0 Å². The Morgan fingerprint density at radius 2 is 0.816 bits per heavy atom. The molecule has 0 saturated carbocycles. The first-order valence-corrected chi connectivity index (χ1v) is 17.0. The first-order chi connectivity index (χ1) is 18.6. The number of hydrogen-bond acceptors (Lipinski definition) is 3. The van der Waals surface area contributed by atoms with E-state index >= 15 is 0 Å². The van der Waals surface area contributed by atoms with Crippen molar-refractivity contribution in [1.29, 1.82) is 0 Å². The van der Waals surface area contributed by atoms with Gasteiger partial charge in [0.15, 0.2) is 0 Å². The second kappa shape index (κ2) is 30.5. The van der Waals surface area contributed by atoms with Crippen molar-refractivity contribution in [3.8, 4) is 0 Å². The molecular formula is C34H66O4. The number of esters is 1. The molecule has 0 spiro atoms. The van der Waals surface area contributed by atoms with Crippen LogP contribution < -0.4 is 0 Å². The van der Waals surface area contributed by atoms with E-state index in [1.807, 2.05) is 0 Å². The van der Waals surface area contributed by atoms with Crippen LogP contribution in [0.2, 0.25) is 0 Å². The van der Waals surface area contributed by atoms with Gasteiger partial charge in [-0.2, -0.15) is 0 Å². The van der Waals surface area contributed by atoms with Gasteiger partial charge in [-0.25, -0.2) is 0 Å². The summed E-state index contributed by atoms with van der Waals surface area (Å²) in [7, 11) is 0. The molecule has 0 fully saturated rings. The normalized spacial score (nSPS) is 12.1. The van der Waals surface area contributed by atoms with Gasteiger partial charge in [0.25, 0.3) is 0 Å². The molecule has 0 aliphatic carbocycles. The van der Waals surface area contributed by atoms with Gasteiger partial charge in [-0.1, -0.05) is 162 Å². The maximum atomic E-state index is 12.2. The Balaban J connectivity index is 3.38. The van der Waals surface area contributed by atoms with Gasteiger partial charge >= 0.3 is 11.9 Å². The number of unbranched alkanes of at least 4 members (excludes halogenated alkanes) is 22. The molecule has 0 saturated heterocycles. The van der Waals surface area contributed by atoms with Crippen LogP contribution in [0.25, 0.3) is 0 Å². The van der Waals surface area contributed by atoms with Crippen molar-refractivity contribution >= 4 is 11.9 Å². The highest BCUT2D eigenvalue weighted by molar-refractivity contribution is 5.69. The van der Waals surface area contributed by atoms with Gasteiger partial charge in [0.1, 0.15) is 6.10 Å². The maximum absolute atomic E-state index is 12.2. The predicted octanol–water partition coefficient (Wildman–Crippen LogP) is 11.3. The van der Waals surface area contributed by atoms with Gasteiger partial charge in [0.2, 0.25) is 0 Å². The smallest absolute Gasteiger partial charge is 0.306 e. The van der Waals surface area contributed by atoms with E-state index in [-0.39, 0.29) is 18.5 Å². The molecule has 1 atom stereocenters. The molecule has 0 radical (unpaired) electrons. The highest BCUT2D eigenvalue weighted by Gasteiger charge is 2.14. The van der Waals surface area contributed by atoms with Crippen molar-refractivity contribution in [1.82, 2.24) is 0 Å². The zero-order valence-corrected chi connectivity index (χ0v) is 25.8. The Kier molecular flexibility index (Phi) is 29.6. The molecule has 38 heavy (non-hydrogen) atoms. The Hall–Kier alpha value is -1.06. The lowest BCUT2D eigenvalue weighted by Crippen LogP contribution is -2.18. The van der Waals surface area contributed by atoms with Gasteiger partial charge < -0.3 is 9.84 Å². The molecule has 226 valence electrons. The van der Waals surface area contributed by atoms with Crippen molar-refractivity contribution in [2.75, 3.05) is 0 Å².